The summed E-state index contributed by atoms with van der Waals surface area (Å²) in [6, 6.07) is 2.34. The minimum absolute atomic E-state index is 0.0454. The molecule has 0 bridgehead atoms. The first-order chi connectivity index (χ1) is 10.8. The number of likely N-dealkylation sites (tertiary alicyclic amines) is 1. The predicted octanol–water partition coefficient (Wildman–Crippen LogP) is 2.93. The molecule has 3 rings (SSSR count). The van der Waals surface area contributed by atoms with Crippen LogP contribution in [0.25, 0.3) is 0 Å². The van der Waals surface area contributed by atoms with Gasteiger partial charge in [0.2, 0.25) is 0 Å². The van der Waals surface area contributed by atoms with Crippen molar-refractivity contribution in [2.24, 2.45) is 5.92 Å². The molecular weight excluding hydrogens is 296 g/mol. The number of carbonyl (C=O) groups excluding carboxylic acids is 1. The molecule has 1 saturated heterocycles. The van der Waals surface area contributed by atoms with E-state index in [4.69, 9.17) is 5.11 Å². The van der Waals surface area contributed by atoms with E-state index in [-0.39, 0.29) is 12.6 Å². The summed E-state index contributed by atoms with van der Waals surface area (Å²) in [6.07, 6.45) is 8.19. The van der Waals surface area contributed by atoms with E-state index in [9.17, 15) is 4.79 Å². The van der Waals surface area contributed by atoms with Crippen LogP contribution in [0.15, 0.2) is 6.07 Å². The maximum Gasteiger partial charge on any atom is 0.317 e. The zero-order valence-corrected chi connectivity index (χ0v) is 14.0. The second-order valence-electron chi connectivity index (χ2n) is 6.49. The fourth-order valence-corrected chi connectivity index (χ4v) is 4.73. The highest BCUT2D eigenvalue weighted by molar-refractivity contribution is 7.12. The van der Waals surface area contributed by atoms with Crippen LogP contribution in [0, 0.1) is 5.92 Å². The van der Waals surface area contributed by atoms with Crippen LogP contribution >= 0.6 is 11.3 Å². The first-order valence-electron chi connectivity index (χ1n) is 8.50. The smallest absolute Gasteiger partial charge is 0.317 e. The van der Waals surface area contributed by atoms with Crippen LogP contribution in [0.4, 0.5) is 4.79 Å². The molecule has 2 N–H and O–H groups in total. The second-order valence-corrected chi connectivity index (χ2v) is 7.71. The maximum absolute atomic E-state index is 12.2. The molecule has 2 aliphatic rings. The van der Waals surface area contributed by atoms with Crippen molar-refractivity contribution >= 4 is 17.4 Å². The Morgan fingerprint density at radius 1 is 1.36 bits per heavy atom. The number of rotatable bonds is 4. The van der Waals surface area contributed by atoms with E-state index < -0.39 is 0 Å². The second kappa shape index (κ2) is 7.47. The average Bonchev–Trinajstić information content (AvgIpc) is 3.08. The number of hydrogen-bond donors (Lipinski definition) is 2. The number of urea groups is 1. The van der Waals surface area contributed by atoms with Crippen molar-refractivity contribution in [2.75, 3.05) is 19.7 Å². The van der Waals surface area contributed by atoms with Gasteiger partial charge in [0, 0.05) is 29.5 Å². The third-order valence-electron chi connectivity index (χ3n) is 4.82. The number of nitrogens with one attached hydrogen (secondary N) is 1. The van der Waals surface area contributed by atoms with Crippen molar-refractivity contribution in [3.05, 3.63) is 21.4 Å². The van der Waals surface area contributed by atoms with E-state index in [0.29, 0.717) is 12.5 Å². The van der Waals surface area contributed by atoms with E-state index in [2.05, 4.69) is 11.4 Å². The summed E-state index contributed by atoms with van der Waals surface area (Å²) < 4.78 is 0. The first kappa shape index (κ1) is 15.8. The van der Waals surface area contributed by atoms with Gasteiger partial charge in [-0.3, -0.25) is 0 Å². The molecule has 1 aliphatic heterocycles. The highest BCUT2D eigenvalue weighted by Crippen LogP contribution is 2.29. The van der Waals surface area contributed by atoms with Crippen LogP contribution in [-0.2, 0) is 19.4 Å². The highest BCUT2D eigenvalue weighted by atomic mass is 32.1. The maximum atomic E-state index is 12.2. The lowest BCUT2D eigenvalue weighted by Crippen LogP contribution is -2.38. The van der Waals surface area contributed by atoms with Gasteiger partial charge < -0.3 is 15.3 Å². The van der Waals surface area contributed by atoms with Crippen molar-refractivity contribution < 1.29 is 9.90 Å². The summed E-state index contributed by atoms with van der Waals surface area (Å²) in [5, 5.41) is 12.0. The number of carbonyl (C=O) groups is 1. The van der Waals surface area contributed by atoms with Crippen molar-refractivity contribution in [2.45, 2.75) is 51.5 Å². The van der Waals surface area contributed by atoms with Gasteiger partial charge >= 0.3 is 6.03 Å². The highest BCUT2D eigenvalue weighted by Gasteiger charge is 2.25. The molecule has 1 fully saturated rings. The fraction of sp³-hybridized carbons (Fsp3) is 0.706. The van der Waals surface area contributed by atoms with Crippen LogP contribution in [0.5, 0.6) is 0 Å². The number of hydrogen-bond acceptors (Lipinski definition) is 3. The van der Waals surface area contributed by atoms with Crippen molar-refractivity contribution in [3.8, 4) is 0 Å². The van der Waals surface area contributed by atoms with E-state index in [1.807, 2.05) is 16.2 Å². The molecule has 1 aromatic rings. The van der Waals surface area contributed by atoms with E-state index in [1.165, 1.54) is 47.4 Å². The fourth-order valence-electron chi connectivity index (χ4n) is 3.53. The Labute approximate surface area is 136 Å². The summed E-state index contributed by atoms with van der Waals surface area (Å²) >= 11 is 1.88. The summed E-state index contributed by atoms with van der Waals surface area (Å²) in [5.41, 5.74) is 1.51. The largest absolute Gasteiger partial charge is 0.396 e. The van der Waals surface area contributed by atoms with Gasteiger partial charge in [0.05, 0.1) is 6.54 Å². The molecule has 5 heteroatoms. The summed E-state index contributed by atoms with van der Waals surface area (Å²) in [7, 11) is 0. The van der Waals surface area contributed by atoms with E-state index in [1.54, 1.807) is 0 Å². The Kier molecular flexibility index (Phi) is 5.37. The lowest BCUT2D eigenvalue weighted by Gasteiger charge is -2.17. The van der Waals surface area contributed by atoms with Crippen LogP contribution < -0.4 is 5.32 Å². The van der Waals surface area contributed by atoms with E-state index in [0.717, 1.165) is 25.9 Å². The van der Waals surface area contributed by atoms with Gasteiger partial charge in [0.25, 0.3) is 0 Å². The molecule has 0 spiro atoms. The average molecular weight is 322 g/mol. The zero-order valence-electron chi connectivity index (χ0n) is 13.1. The van der Waals surface area contributed by atoms with Crippen molar-refractivity contribution in [1.82, 2.24) is 10.2 Å². The predicted molar refractivity (Wildman–Crippen MR) is 89.2 cm³/mol. The normalized spacial score (nSPS) is 21.5. The summed E-state index contributed by atoms with van der Waals surface area (Å²) in [4.78, 5) is 16.9. The zero-order chi connectivity index (χ0) is 15.4. The number of nitrogens with zero attached hydrogens (tertiary/aromatic N) is 1. The molecule has 122 valence electrons. The Hall–Kier alpha value is -1.07. The van der Waals surface area contributed by atoms with Gasteiger partial charge in [-0.1, -0.05) is 6.42 Å². The molecule has 0 unspecified atom stereocenters. The van der Waals surface area contributed by atoms with Crippen LogP contribution in [0.3, 0.4) is 0 Å². The first-order valence-corrected chi connectivity index (χ1v) is 9.32. The standard InChI is InChI=1S/C17H26N2O2S/c20-9-7-13-6-8-19(12-13)17(21)18-11-15-10-14-4-2-1-3-5-16(14)22-15/h10,13,20H,1-9,11-12H2,(H,18,21)/t13-/m0/s1. The molecule has 1 aliphatic carbocycles. The minimum Gasteiger partial charge on any atom is -0.396 e. The van der Waals surface area contributed by atoms with Gasteiger partial charge in [-0.15, -0.1) is 11.3 Å². The van der Waals surface area contributed by atoms with Crippen molar-refractivity contribution in [3.63, 3.8) is 0 Å². The molecule has 1 atom stereocenters. The molecule has 0 aromatic carbocycles. The Bertz CT molecular complexity index is 491. The number of thiophene rings is 1. The number of aryl methyl sites for hydroxylation is 2. The van der Waals surface area contributed by atoms with Crippen molar-refractivity contribution in [1.29, 1.82) is 0 Å². The molecular formula is C17H26N2O2S. The molecule has 22 heavy (non-hydrogen) atoms. The van der Waals surface area contributed by atoms with Crippen LogP contribution in [0.1, 0.15) is 47.4 Å². The number of amides is 2. The number of aliphatic hydroxyl groups excluding tert-OH is 1. The third-order valence-corrected chi connectivity index (χ3v) is 6.06. The Morgan fingerprint density at radius 2 is 2.23 bits per heavy atom. The van der Waals surface area contributed by atoms with Gasteiger partial charge in [0.15, 0.2) is 0 Å². The van der Waals surface area contributed by atoms with Crippen LogP contribution in [-0.4, -0.2) is 35.7 Å². The number of fused-ring (bicyclic) bond motifs is 1. The molecule has 2 heterocycles. The van der Waals surface area contributed by atoms with Crippen LogP contribution in [0.2, 0.25) is 0 Å². The van der Waals surface area contributed by atoms with Gasteiger partial charge in [-0.05, 0) is 56.1 Å². The van der Waals surface area contributed by atoms with Gasteiger partial charge in [-0.2, -0.15) is 0 Å². The van der Waals surface area contributed by atoms with Gasteiger partial charge in [-0.25, -0.2) is 4.79 Å². The Morgan fingerprint density at radius 3 is 3.09 bits per heavy atom. The minimum atomic E-state index is 0.0454. The molecule has 2 amide bonds. The summed E-state index contributed by atoms with van der Waals surface area (Å²) in [6.45, 7) is 2.48. The van der Waals surface area contributed by atoms with E-state index >= 15 is 0 Å². The number of aliphatic hydroxyl groups is 1. The molecule has 1 aromatic heterocycles. The topological polar surface area (TPSA) is 52.6 Å². The lowest BCUT2D eigenvalue weighted by atomic mass is 10.1. The molecule has 0 radical (unpaired) electrons. The monoisotopic (exact) mass is 322 g/mol. The van der Waals surface area contributed by atoms with Gasteiger partial charge in [0.1, 0.15) is 0 Å². The Balaban J connectivity index is 1.49. The SMILES string of the molecule is O=C(NCc1cc2c(s1)CCCCC2)N1CC[C@@H](CCO)C1. The quantitative estimate of drug-likeness (QED) is 0.838. The molecule has 4 nitrogen and oxygen atoms in total. The lowest BCUT2D eigenvalue weighted by molar-refractivity contribution is 0.204. The third kappa shape index (κ3) is 3.82. The molecule has 0 saturated carbocycles. The summed E-state index contributed by atoms with van der Waals surface area (Å²) in [5.74, 6) is 0.466.